The van der Waals surface area contributed by atoms with Crippen LogP contribution in [0.4, 0.5) is 0 Å². The number of aliphatic hydroxyl groups excluding tert-OH is 1. The molecule has 4 nitrogen and oxygen atoms in total. The van der Waals surface area contributed by atoms with Crippen molar-refractivity contribution < 1.29 is 9.84 Å². The lowest BCUT2D eigenvalue weighted by atomic mass is 10.1. The first-order chi connectivity index (χ1) is 9.22. The fraction of sp³-hybridized carbons (Fsp3) is 0.600. The first-order valence-corrected chi connectivity index (χ1v) is 6.89. The lowest BCUT2D eigenvalue weighted by Gasteiger charge is -2.39. The highest BCUT2D eigenvalue weighted by atomic mass is 16.5. The van der Waals surface area contributed by atoms with Crippen LogP contribution in [0.1, 0.15) is 12.0 Å². The van der Waals surface area contributed by atoms with E-state index in [2.05, 4.69) is 29.0 Å². The van der Waals surface area contributed by atoms with Gasteiger partial charge in [0.1, 0.15) is 5.75 Å². The molecule has 1 N–H and O–H groups in total. The third-order valence-electron chi connectivity index (χ3n) is 3.89. The summed E-state index contributed by atoms with van der Waals surface area (Å²) in [5, 5.41) is 9.11. The van der Waals surface area contributed by atoms with Gasteiger partial charge in [-0.2, -0.15) is 0 Å². The quantitative estimate of drug-likeness (QED) is 0.867. The second kappa shape index (κ2) is 6.89. The predicted octanol–water partition coefficient (Wildman–Crippen LogP) is 1.19. The van der Waals surface area contributed by atoms with Crippen molar-refractivity contribution in [3.05, 3.63) is 29.8 Å². The Balaban J connectivity index is 1.91. The van der Waals surface area contributed by atoms with Crippen LogP contribution in [-0.4, -0.2) is 61.3 Å². The van der Waals surface area contributed by atoms with E-state index < -0.39 is 0 Å². The van der Waals surface area contributed by atoms with Crippen LogP contribution in [0.25, 0.3) is 0 Å². The first kappa shape index (κ1) is 14.3. The molecule has 1 saturated heterocycles. The van der Waals surface area contributed by atoms with Gasteiger partial charge in [0.25, 0.3) is 0 Å². The molecule has 1 aliphatic heterocycles. The van der Waals surface area contributed by atoms with E-state index in [9.17, 15) is 0 Å². The average Bonchev–Trinajstić information content (AvgIpc) is 2.44. The topological polar surface area (TPSA) is 35.9 Å². The Bertz CT molecular complexity index is 380. The van der Waals surface area contributed by atoms with Gasteiger partial charge >= 0.3 is 0 Å². The van der Waals surface area contributed by atoms with Gasteiger partial charge in [-0.15, -0.1) is 0 Å². The number of ether oxygens (including phenoxy) is 1. The molecule has 0 saturated carbocycles. The van der Waals surface area contributed by atoms with Gasteiger partial charge in [-0.05, 0) is 31.2 Å². The Morgan fingerprint density at radius 1 is 1.26 bits per heavy atom. The Kier molecular flexibility index (Phi) is 5.19. The van der Waals surface area contributed by atoms with Crippen molar-refractivity contribution in [1.29, 1.82) is 0 Å². The molecule has 1 aliphatic rings. The summed E-state index contributed by atoms with van der Waals surface area (Å²) in [5.74, 6) is 0.903. The molecule has 1 atom stereocenters. The molecular weight excluding hydrogens is 240 g/mol. The molecule has 0 radical (unpaired) electrons. The highest BCUT2D eigenvalue weighted by Gasteiger charge is 2.23. The van der Waals surface area contributed by atoms with E-state index in [-0.39, 0.29) is 6.61 Å². The van der Waals surface area contributed by atoms with Gasteiger partial charge in [0.2, 0.25) is 0 Å². The van der Waals surface area contributed by atoms with E-state index in [0.29, 0.717) is 6.04 Å². The van der Waals surface area contributed by atoms with Crippen molar-refractivity contribution in [3.8, 4) is 5.75 Å². The Labute approximate surface area is 115 Å². The van der Waals surface area contributed by atoms with E-state index in [1.807, 2.05) is 12.1 Å². The molecule has 0 aliphatic carbocycles. The van der Waals surface area contributed by atoms with Crippen LogP contribution in [0.15, 0.2) is 24.3 Å². The van der Waals surface area contributed by atoms with Crippen LogP contribution in [0.5, 0.6) is 5.75 Å². The van der Waals surface area contributed by atoms with E-state index >= 15 is 0 Å². The Hall–Kier alpha value is -1.10. The van der Waals surface area contributed by atoms with Crippen molar-refractivity contribution in [2.24, 2.45) is 0 Å². The van der Waals surface area contributed by atoms with Crippen molar-refractivity contribution in [3.63, 3.8) is 0 Å². The van der Waals surface area contributed by atoms with Crippen LogP contribution in [0.3, 0.4) is 0 Å². The van der Waals surface area contributed by atoms with Crippen LogP contribution in [-0.2, 0) is 6.54 Å². The normalized spacial score (nSPS) is 21.5. The maximum absolute atomic E-state index is 9.11. The van der Waals surface area contributed by atoms with Crippen molar-refractivity contribution in [2.75, 3.05) is 40.4 Å². The summed E-state index contributed by atoms with van der Waals surface area (Å²) in [6.45, 7) is 4.43. The van der Waals surface area contributed by atoms with Gasteiger partial charge in [-0.25, -0.2) is 0 Å². The average molecular weight is 264 g/mol. The molecule has 0 bridgehead atoms. The van der Waals surface area contributed by atoms with E-state index in [0.717, 1.165) is 38.3 Å². The number of likely N-dealkylation sites (N-methyl/N-ethyl adjacent to an activating group) is 1. The van der Waals surface area contributed by atoms with Crippen molar-refractivity contribution >= 4 is 0 Å². The van der Waals surface area contributed by atoms with Gasteiger partial charge in [-0.3, -0.25) is 4.90 Å². The molecule has 0 spiro atoms. The third-order valence-corrected chi connectivity index (χ3v) is 3.89. The first-order valence-electron chi connectivity index (χ1n) is 6.89. The lowest BCUT2D eigenvalue weighted by molar-refractivity contribution is 0.0743. The second-order valence-corrected chi connectivity index (χ2v) is 5.23. The smallest absolute Gasteiger partial charge is 0.118 e. The van der Waals surface area contributed by atoms with E-state index in [1.165, 1.54) is 5.56 Å². The SMILES string of the molecule is COc1ccc(CN2CCN(C)C(CCO)C2)cc1. The molecule has 0 amide bonds. The van der Waals surface area contributed by atoms with Crippen LogP contribution in [0.2, 0.25) is 0 Å². The molecule has 1 fully saturated rings. The van der Waals surface area contributed by atoms with E-state index in [4.69, 9.17) is 9.84 Å². The zero-order chi connectivity index (χ0) is 13.7. The number of nitrogens with zero attached hydrogens (tertiary/aromatic N) is 2. The Morgan fingerprint density at radius 2 is 2.00 bits per heavy atom. The highest BCUT2D eigenvalue weighted by molar-refractivity contribution is 5.27. The van der Waals surface area contributed by atoms with Crippen molar-refractivity contribution in [1.82, 2.24) is 9.80 Å². The largest absolute Gasteiger partial charge is 0.497 e. The third kappa shape index (κ3) is 3.93. The van der Waals surface area contributed by atoms with Crippen molar-refractivity contribution in [2.45, 2.75) is 19.0 Å². The number of hydrogen-bond acceptors (Lipinski definition) is 4. The number of aliphatic hydroxyl groups is 1. The maximum atomic E-state index is 9.11. The summed E-state index contributed by atoms with van der Waals surface area (Å²) in [7, 11) is 3.83. The predicted molar refractivity (Wildman–Crippen MR) is 76.4 cm³/mol. The lowest BCUT2D eigenvalue weighted by Crippen LogP contribution is -2.51. The minimum atomic E-state index is 0.269. The number of methoxy groups -OCH3 is 1. The molecule has 2 rings (SSSR count). The van der Waals surface area contributed by atoms with E-state index in [1.54, 1.807) is 7.11 Å². The molecule has 1 aromatic rings. The standard InChI is InChI=1S/C15H24N2O2/c1-16-8-9-17(12-14(16)7-10-18)11-13-3-5-15(19-2)6-4-13/h3-6,14,18H,7-12H2,1-2H3. The summed E-state index contributed by atoms with van der Waals surface area (Å²) < 4.78 is 5.17. The molecule has 1 heterocycles. The second-order valence-electron chi connectivity index (χ2n) is 5.23. The highest BCUT2D eigenvalue weighted by Crippen LogP contribution is 2.16. The van der Waals surface area contributed by atoms with Gasteiger partial charge in [0.05, 0.1) is 7.11 Å². The number of benzene rings is 1. The molecule has 106 valence electrons. The summed E-state index contributed by atoms with van der Waals surface area (Å²) in [6.07, 6.45) is 0.857. The molecule has 1 unspecified atom stereocenters. The Morgan fingerprint density at radius 3 is 2.63 bits per heavy atom. The maximum Gasteiger partial charge on any atom is 0.118 e. The number of hydrogen-bond donors (Lipinski definition) is 1. The van der Waals surface area contributed by atoms with Gasteiger partial charge in [-0.1, -0.05) is 12.1 Å². The van der Waals surface area contributed by atoms with Crippen LogP contribution >= 0.6 is 0 Å². The summed E-state index contributed by atoms with van der Waals surface area (Å²) in [4.78, 5) is 4.81. The summed E-state index contributed by atoms with van der Waals surface area (Å²) in [5.41, 5.74) is 1.31. The molecule has 19 heavy (non-hydrogen) atoms. The van der Waals surface area contributed by atoms with Crippen LogP contribution in [0, 0.1) is 0 Å². The molecule has 0 aromatic heterocycles. The zero-order valence-electron chi connectivity index (χ0n) is 11.9. The fourth-order valence-corrected chi connectivity index (χ4v) is 2.60. The minimum absolute atomic E-state index is 0.269. The fourth-order valence-electron chi connectivity index (χ4n) is 2.60. The molecule has 4 heteroatoms. The van der Waals surface area contributed by atoms with Gasteiger partial charge < -0.3 is 14.7 Å². The monoisotopic (exact) mass is 264 g/mol. The molecular formula is C15H24N2O2. The minimum Gasteiger partial charge on any atom is -0.497 e. The molecule has 1 aromatic carbocycles. The summed E-state index contributed by atoms with van der Waals surface area (Å²) in [6, 6.07) is 8.74. The van der Waals surface area contributed by atoms with Gasteiger partial charge in [0.15, 0.2) is 0 Å². The van der Waals surface area contributed by atoms with Crippen LogP contribution < -0.4 is 4.74 Å². The summed E-state index contributed by atoms with van der Waals surface area (Å²) >= 11 is 0. The number of piperazine rings is 1. The zero-order valence-corrected chi connectivity index (χ0v) is 11.9. The number of rotatable bonds is 5. The van der Waals surface area contributed by atoms with Gasteiger partial charge in [0, 0.05) is 38.8 Å².